The fourth-order valence-corrected chi connectivity index (χ4v) is 12.5. The van der Waals surface area contributed by atoms with Gasteiger partial charge in [0.2, 0.25) is 16.0 Å². The van der Waals surface area contributed by atoms with Gasteiger partial charge in [0.1, 0.15) is 17.9 Å². The summed E-state index contributed by atoms with van der Waals surface area (Å²) in [6.45, 7) is 3.90. The number of nitrogens with one attached hydrogen (secondary N) is 4. The second kappa shape index (κ2) is 31.3. The maximum Gasteiger partial charge on any atom is 0.407 e. The number of hydrazine groups is 1. The highest BCUT2D eigenvalue weighted by molar-refractivity contribution is 7.89. The number of rotatable bonds is 33. The quantitative estimate of drug-likeness (QED) is 0.0146. The summed E-state index contributed by atoms with van der Waals surface area (Å²) in [5.74, 6) is -3.32. The molecule has 21 nitrogen and oxygen atoms in total. The second-order valence-corrected chi connectivity index (χ2v) is 24.5. The average molecular weight is 1260 g/mol. The fourth-order valence-electron chi connectivity index (χ4n) is 10.2. The molecule has 1 aliphatic rings. The highest BCUT2D eigenvalue weighted by Crippen LogP contribution is 2.43. The zero-order chi connectivity index (χ0) is 63.4. The molecule has 0 saturated heterocycles. The number of hydrogen-bond acceptors (Lipinski definition) is 15. The van der Waals surface area contributed by atoms with E-state index in [4.69, 9.17) is 23.9 Å². The maximum absolute atomic E-state index is 14.2. The van der Waals surface area contributed by atoms with E-state index in [9.17, 15) is 41.1 Å². The van der Waals surface area contributed by atoms with Gasteiger partial charge in [-0.25, -0.2) is 36.3 Å². The van der Waals surface area contributed by atoms with Crippen LogP contribution in [0, 0.1) is 5.92 Å². The monoisotopic (exact) mass is 1260 g/mol. The average Bonchev–Trinajstić information content (AvgIpc) is 1.24. The molecule has 90 heavy (non-hydrogen) atoms. The minimum absolute atomic E-state index is 0.0114. The number of carboxylic acid groups (broad SMARTS) is 1. The predicted octanol–water partition coefficient (Wildman–Crippen LogP) is 9.14. The van der Waals surface area contributed by atoms with Crippen molar-refractivity contribution in [2.75, 3.05) is 64.6 Å². The second-order valence-electron chi connectivity index (χ2n) is 20.9. The largest absolute Gasteiger partial charge is 0.481 e. The van der Waals surface area contributed by atoms with Gasteiger partial charge in [-0.1, -0.05) is 152 Å². The van der Waals surface area contributed by atoms with Crippen molar-refractivity contribution < 1.29 is 60.1 Å². The molecule has 23 heteroatoms. The number of nitrogens with zero attached hydrogens (tertiary/aromatic N) is 4. The van der Waals surface area contributed by atoms with Gasteiger partial charge in [-0.2, -0.15) is 0 Å². The third-order valence-corrected chi connectivity index (χ3v) is 18.0. The zero-order valence-electron chi connectivity index (χ0n) is 49.5. The first-order valence-corrected chi connectivity index (χ1v) is 32.2. The van der Waals surface area contributed by atoms with Crippen LogP contribution in [-0.4, -0.2) is 125 Å². The Kier molecular flexibility index (Phi) is 22.7. The van der Waals surface area contributed by atoms with E-state index in [1.807, 2.05) is 91.1 Å². The first kappa shape index (κ1) is 65.3. The van der Waals surface area contributed by atoms with Crippen LogP contribution in [0.15, 0.2) is 215 Å². The molecule has 0 fully saturated rings. The van der Waals surface area contributed by atoms with Crippen molar-refractivity contribution in [3.05, 3.63) is 234 Å². The van der Waals surface area contributed by atoms with Gasteiger partial charge in [0, 0.05) is 57.3 Å². The Bertz CT molecular complexity index is 3860. The summed E-state index contributed by atoms with van der Waals surface area (Å²) in [5.41, 5.74) is 7.36. The molecule has 468 valence electrons. The molecule has 7 aromatic carbocycles. The molecule has 1 atom stereocenters. The molecule has 5 N–H and O–H groups in total. The molecule has 1 aliphatic heterocycles. The van der Waals surface area contributed by atoms with Gasteiger partial charge < -0.3 is 34.7 Å². The van der Waals surface area contributed by atoms with Gasteiger partial charge in [-0.05, 0) is 95.1 Å². The van der Waals surface area contributed by atoms with Crippen LogP contribution >= 0.6 is 0 Å². The van der Waals surface area contributed by atoms with E-state index >= 15 is 0 Å². The molecular formula is C67H70N8O13S2. The van der Waals surface area contributed by atoms with Crippen LogP contribution in [0.25, 0.3) is 11.1 Å². The predicted molar refractivity (Wildman–Crippen MR) is 339 cm³/mol. The summed E-state index contributed by atoms with van der Waals surface area (Å²) in [5, 5.41) is 15.8. The number of ketones is 1. The lowest BCUT2D eigenvalue weighted by Gasteiger charge is -2.38. The van der Waals surface area contributed by atoms with Crippen molar-refractivity contribution in [2.45, 2.75) is 54.7 Å². The maximum atomic E-state index is 14.2. The van der Waals surface area contributed by atoms with Crippen LogP contribution in [0.1, 0.15) is 64.4 Å². The van der Waals surface area contributed by atoms with Gasteiger partial charge >= 0.3 is 12.1 Å². The number of sulfonamides is 2. The number of imidazole rings is 1. The van der Waals surface area contributed by atoms with Gasteiger partial charge in [-0.3, -0.25) is 24.4 Å². The van der Waals surface area contributed by atoms with Gasteiger partial charge in [-0.15, -0.1) is 4.41 Å². The number of anilines is 1. The number of fused-ring (bicyclic) bond motifs is 1. The van der Waals surface area contributed by atoms with Gasteiger partial charge in [0.25, 0.3) is 15.9 Å². The van der Waals surface area contributed by atoms with E-state index < -0.39 is 68.2 Å². The van der Waals surface area contributed by atoms with Crippen LogP contribution in [0.4, 0.5) is 16.4 Å². The first-order chi connectivity index (χ1) is 43.6. The Morgan fingerprint density at radius 3 is 1.74 bits per heavy atom. The van der Waals surface area contributed by atoms with Crippen molar-refractivity contribution in [1.29, 1.82) is 0 Å². The Labute approximate surface area is 523 Å². The number of alkyl carbamates (subject to hydrolysis) is 1. The number of amides is 2. The summed E-state index contributed by atoms with van der Waals surface area (Å²) in [4.78, 5) is 60.8. The number of carbonyl (C=O) groups excluding carboxylic acids is 3. The number of ether oxygens (including phenoxy) is 4. The number of benzene rings is 7. The molecule has 8 aromatic rings. The number of carbonyl (C=O) groups is 4. The highest BCUT2D eigenvalue weighted by atomic mass is 32.2. The SMILES string of the molecule is CC1C(=O)c2ccc(CNc3nccn3C(c3ccccc3)(c3ccccc3)c3ccccc3)cc2N=C1C(=O)NN(CCC(=O)O)S(=O)(=O)c1ccc(-c2ccc(S(=O)(=O)NCCCOCCOCCOCCCNC(=O)OCc3ccccc3)cc2)cc1. The lowest BCUT2D eigenvalue weighted by molar-refractivity contribution is -0.137. The Morgan fingerprint density at radius 1 is 0.644 bits per heavy atom. The van der Waals surface area contributed by atoms with Crippen molar-refractivity contribution in [2.24, 2.45) is 10.9 Å². The Balaban J connectivity index is 0.759. The molecular weight excluding hydrogens is 1190 g/mol. The highest BCUT2D eigenvalue weighted by Gasteiger charge is 2.40. The van der Waals surface area contributed by atoms with E-state index in [1.165, 1.54) is 43.3 Å². The van der Waals surface area contributed by atoms with Crippen molar-refractivity contribution in [3.63, 3.8) is 0 Å². The molecule has 1 unspecified atom stereocenters. The summed E-state index contributed by atoms with van der Waals surface area (Å²) in [6, 6.07) is 56.5. The van der Waals surface area contributed by atoms with E-state index in [0.717, 1.165) is 22.3 Å². The van der Waals surface area contributed by atoms with Crippen molar-refractivity contribution in [1.82, 2.24) is 29.4 Å². The summed E-state index contributed by atoms with van der Waals surface area (Å²) in [7, 11) is -8.51. The normalized spacial score (nSPS) is 13.3. The summed E-state index contributed by atoms with van der Waals surface area (Å²) < 4.78 is 81.7. The zero-order valence-corrected chi connectivity index (χ0v) is 51.1. The third kappa shape index (κ3) is 16.5. The third-order valence-electron chi connectivity index (χ3n) is 14.8. The molecule has 0 radical (unpaired) electrons. The van der Waals surface area contributed by atoms with Crippen molar-refractivity contribution in [3.8, 4) is 11.1 Å². The Morgan fingerprint density at radius 2 is 1.18 bits per heavy atom. The van der Waals surface area contributed by atoms with E-state index in [-0.39, 0.29) is 46.4 Å². The Hall–Kier alpha value is -9.20. The minimum Gasteiger partial charge on any atom is -0.481 e. The minimum atomic E-state index is -4.62. The standard InChI is InChI=1S/C67H70N8O13S2/c1-49-62(72-60-46-51(24-33-59(60)63(49)78)47-70-65-68-37-39-74(65)67(54-18-8-3-9-19-54,55-20-10-4-11-21-55)56-22-12-5-13-23-56)64(79)73-75(38-34-61(76)77)90(83,84)58-31-27-53(28-32-58)52-25-29-57(30-26-52)89(81,82)71-36-15-41-86-43-45-87-44-42-85-40-14-35-69-66(80)88-48-50-16-6-2-7-17-50/h2-13,16-33,37,39,46,49,71H,14-15,34-36,38,40-45,47-48H2,1H3,(H,68,70)(H,69,80)(H,73,79)(H,76,77). The van der Waals surface area contributed by atoms with Crippen LogP contribution < -0.4 is 20.8 Å². The van der Waals surface area contributed by atoms with E-state index in [2.05, 4.69) is 66.7 Å². The number of carboxylic acids is 1. The smallest absolute Gasteiger partial charge is 0.407 e. The lowest BCUT2D eigenvalue weighted by atomic mass is 9.76. The molecule has 2 heterocycles. The lowest BCUT2D eigenvalue weighted by Crippen LogP contribution is -2.51. The van der Waals surface area contributed by atoms with Gasteiger partial charge in [0.15, 0.2) is 5.78 Å². The summed E-state index contributed by atoms with van der Waals surface area (Å²) in [6.07, 6.45) is 3.50. The number of Topliss-reactive ketones (excluding diaryl/α,β-unsaturated/α-hetero) is 1. The molecule has 0 saturated carbocycles. The van der Waals surface area contributed by atoms with Crippen LogP contribution in [0.5, 0.6) is 0 Å². The fraction of sp³-hybridized carbons (Fsp3) is 0.254. The van der Waals surface area contributed by atoms with E-state index in [0.29, 0.717) is 86.1 Å². The number of aromatic nitrogens is 2. The van der Waals surface area contributed by atoms with Gasteiger partial charge in [0.05, 0.1) is 54.2 Å². The molecule has 0 bridgehead atoms. The first-order valence-electron chi connectivity index (χ1n) is 29.3. The molecule has 1 aromatic heterocycles. The van der Waals surface area contributed by atoms with E-state index in [1.54, 1.807) is 36.5 Å². The number of aliphatic carboxylic acids is 1. The molecule has 0 aliphatic carbocycles. The molecule has 9 rings (SSSR count). The van der Waals surface area contributed by atoms with Crippen LogP contribution in [-0.2, 0) is 67.3 Å². The molecule has 2 amide bonds. The van der Waals surface area contributed by atoms with Crippen LogP contribution in [0.3, 0.4) is 0 Å². The summed E-state index contributed by atoms with van der Waals surface area (Å²) >= 11 is 0. The molecule has 0 spiro atoms. The van der Waals surface area contributed by atoms with Crippen LogP contribution in [0.2, 0.25) is 0 Å². The number of hydrogen-bond donors (Lipinski definition) is 5. The number of aliphatic imine (C=N–C) groups is 1. The van der Waals surface area contributed by atoms with Crippen molar-refractivity contribution >= 4 is 61.1 Å². The topological polar surface area (TPSA) is 275 Å².